The number of benzene rings is 2. The second-order valence-corrected chi connectivity index (χ2v) is 20.1. The lowest BCUT2D eigenvalue weighted by atomic mass is 9.95. The van der Waals surface area contributed by atoms with Gasteiger partial charge in [0.1, 0.15) is 24.3 Å². The number of ether oxygens (including phenoxy) is 2. The smallest absolute Gasteiger partial charge is 0.320 e. The molecule has 11 heteroatoms. The molecule has 0 spiro atoms. The minimum Gasteiger partial charge on any atom is -0.543 e. The first kappa shape index (κ1) is 33.2. The van der Waals surface area contributed by atoms with E-state index >= 15 is 0 Å². The maximum Gasteiger partial charge on any atom is 0.320 e. The SMILES string of the molecule is COc1nc(OC[C@@]23CCCN2C[C@H](F)C3)nc2c1CCN(c1cc(O[Si](C(C)C)(C(C)C)C(C)C)cc3ccc(F)c(Cl)c13)C2. The van der Waals surface area contributed by atoms with Crippen molar-refractivity contribution in [1.82, 2.24) is 14.9 Å². The molecular formula is C35H47ClF2N4O3Si. The third-order valence-electron chi connectivity index (χ3n) is 10.7. The third-order valence-corrected chi connectivity index (χ3v) is 17.1. The van der Waals surface area contributed by atoms with Gasteiger partial charge in [-0.1, -0.05) is 59.2 Å². The lowest BCUT2D eigenvalue weighted by molar-refractivity contribution is 0.106. The Morgan fingerprint density at radius 1 is 1.07 bits per heavy atom. The Kier molecular flexibility index (Phi) is 9.19. The van der Waals surface area contributed by atoms with Gasteiger partial charge >= 0.3 is 6.01 Å². The number of alkyl halides is 1. The van der Waals surface area contributed by atoms with E-state index in [1.807, 2.05) is 12.1 Å². The number of hydrogen-bond acceptors (Lipinski definition) is 7. The molecule has 6 rings (SSSR count). The highest BCUT2D eigenvalue weighted by Crippen LogP contribution is 2.46. The van der Waals surface area contributed by atoms with Crippen molar-refractivity contribution >= 4 is 36.4 Å². The van der Waals surface area contributed by atoms with Gasteiger partial charge in [-0.3, -0.25) is 4.90 Å². The molecule has 4 heterocycles. The van der Waals surface area contributed by atoms with E-state index < -0.39 is 20.3 Å². The number of rotatable bonds is 10. The highest BCUT2D eigenvalue weighted by atomic mass is 35.5. The lowest BCUT2D eigenvalue weighted by Gasteiger charge is -2.42. The molecule has 0 bridgehead atoms. The maximum absolute atomic E-state index is 14.9. The molecule has 2 atom stereocenters. The average Bonchev–Trinajstić information content (AvgIpc) is 3.54. The summed E-state index contributed by atoms with van der Waals surface area (Å²) >= 11 is 6.69. The van der Waals surface area contributed by atoms with Crippen LogP contribution in [0.4, 0.5) is 14.5 Å². The van der Waals surface area contributed by atoms with Gasteiger partial charge in [-0.05, 0) is 59.9 Å². The van der Waals surface area contributed by atoms with Crippen LogP contribution in [0.5, 0.6) is 17.6 Å². The fourth-order valence-electron chi connectivity index (χ4n) is 8.67. The lowest BCUT2D eigenvalue weighted by Crippen LogP contribution is -2.50. The van der Waals surface area contributed by atoms with Crippen LogP contribution in [0.3, 0.4) is 0 Å². The molecule has 0 radical (unpaired) electrons. The van der Waals surface area contributed by atoms with Crippen molar-refractivity contribution in [3.05, 3.63) is 46.4 Å². The van der Waals surface area contributed by atoms with Gasteiger partial charge in [0.05, 0.1) is 35.6 Å². The van der Waals surface area contributed by atoms with Gasteiger partial charge < -0.3 is 18.8 Å². The van der Waals surface area contributed by atoms with Crippen molar-refractivity contribution < 1.29 is 22.7 Å². The predicted octanol–water partition coefficient (Wildman–Crippen LogP) is 8.50. The van der Waals surface area contributed by atoms with E-state index in [0.717, 1.165) is 47.5 Å². The van der Waals surface area contributed by atoms with Crippen LogP contribution in [0, 0.1) is 5.82 Å². The monoisotopic (exact) mass is 672 g/mol. The van der Waals surface area contributed by atoms with Crippen LogP contribution < -0.4 is 18.8 Å². The van der Waals surface area contributed by atoms with E-state index in [0.29, 0.717) is 67.0 Å². The maximum atomic E-state index is 14.9. The van der Waals surface area contributed by atoms with Crippen LogP contribution in [-0.2, 0) is 13.0 Å². The van der Waals surface area contributed by atoms with E-state index in [1.165, 1.54) is 6.07 Å². The molecule has 0 N–H and O–H groups in total. The largest absolute Gasteiger partial charge is 0.543 e. The molecule has 3 aromatic rings. The zero-order valence-electron chi connectivity index (χ0n) is 28.1. The number of hydrogen-bond donors (Lipinski definition) is 0. The van der Waals surface area contributed by atoms with Gasteiger partial charge in [0.2, 0.25) is 5.88 Å². The molecule has 250 valence electrons. The van der Waals surface area contributed by atoms with Crippen LogP contribution in [0.25, 0.3) is 10.8 Å². The molecule has 1 aromatic heterocycles. The van der Waals surface area contributed by atoms with E-state index in [4.69, 9.17) is 30.5 Å². The first-order chi connectivity index (χ1) is 21.9. The van der Waals surface area contributed by atoms with E-state index in [-0.39, 0.29) is 16.6 Å². The van der Waals surface area contributed by atoms with Crippen molar-refractivity contribution in [2.75, 3.05) is 38.3 Å². The van der Waals surface area contributed by atoms with Crippen LogP contribution in [0.2, 0.25) is 21.6 Å². The molecule has 2 fully saturated rings. The standard InChI is InChI=1S/C35H47ClF2N4O3Si/c1-21(2)46(22(3)4,23(5)6)45-26-15-24-9-10-28(38)32(36)31(24)30(16-26)41-14-11-27-29(19-41)39-34(40-33(27)43-7)44-20-35-12-8-13-42(35)18-25(37)17-35/h9-10,15-16,21-23,25H,8,11-14,17-20H2,1-7H3/t25-,35+/m1/s1. The quantitative estimate of drug-likeness (QED) is 0.200. The Bertz CT molecular complexity index is 1590. The molecular weight excluding hydrogens is 626 g/mol. The van der Waals surface area contributed by atoms with Crippen LogP contribution in [0.15, 0.2) is 24.3 Å². The summed E-state index contributed by atoms with van der Waals surface area (Å²) in [4.78, 5) is 13.9. The highest BCUT2D eigenvalue weighted by molar-refractivity contribution is 6.78. The first-order valence-electron chi connectivity index (χ1n) is 16.7. The summed E-state index contributed by atoms with van der Waals surface area (Å²) in [5.41, 5.74) is 3.39. The molecule has 7 nitrogen and oxygen atoms in total. The Morgan fingerprint density at radius 2 is 1.80 bits per heavy atom. The Hall–Kier alpha value is -2.69. The van der Waals surface area contributed by atoms with Gasteiger partial charge in [0.15, 0.2) is 0 Å². The Morgan fingerprint density at radius 3 is 2.50 bits per heavy atom. The van der Waals surface area contributed by atoms with Crippen molar-refractivity contribution in [1.29, 1.82) is 0 Å². The molecule has 0 unspecified atom stereocenters. The van der Waals surface area contributed by atoms with Crippen LogP contribution in [0.1, 0.15) is 72.1 Å². The zero-order valence-corrected chi connectivity index (χ0v) is 29.9. The summed E-state index contributed by atoms with van der Waals surface area (Å²) in [7, 11) is -0.668. The molecule has 46 heavy (non-hydrogen) atoms. The van der Waals surface area contributed by atoms with Gasteiger partial charge in [-0.25, -0.2) is 8.78 Å². The van der Waals surface area contributed by atoms with Crippen molar-refractivity contribution in [3.63, 3.8) is 0 Å². The number of fused-ring (bicyclic) bond motifs is 3. The van der Waals surface area contributed by atoms with Crippen molar-refractivity contribution in [2.24, 2.45) is 0 Å². The van der Waals surface area contributed by atoms with Crippen molar-refractivity contribution in [3.8, 4) is 17.6 Å². The predicted molar refractivity (Wildman–Crippen MR) is 182 cm³/mol. The Balaban J connectivity index is 1.36. The van der Waals surface area contributed by atoms with Crippen LogP contribution in [-0.4, -0.2) is 68.2 Å². The van der Waals surface area contributed by atoms with Gasteiger partial charge in [0, 0.05) is 36.5 Å². The summed E-state index contributed by atoms with van der Waals surface area (Å²) in [6.45, 7) is 16.3. The van der Waals surface area contributed by atoms with Gasteiger partial charge in [-0.2, -0.15) is 9.97 Å². The number of halogens is 3. The molecule has 0 aliphatic carbocycles. The van der Waals surface area contributed by atoms with Gasteiger partial charge in [0.25, 0.3) is 8.32 Å². The van der Waals surface area contributed by atoms with E-state index in [1.54, 1.807) is 13.2 Å². The molecule has 3 aliphatic rings. The summed E-state index contributed by atoms with van der Waals surface area (Å²) in [5, 5.41) is 1.58. The van der Waals surface area contributed by atoms with Crippen molar-refractivity contribution in [2.45, 2.75) is 102 Å². The minimum atomic E-state index is -2.27. The van der Waals surface area contributed by atoms with E-state index in [9.17, 15) is 8.78 Å². The van der Waals surface area contributed by atoms with Gasteiger partial charge in [-0.15, -0.1) is 0 Å². The summed E-state index contributed by atoms with van der Waals surface area (Å²) in [6.07, 6.45) is 2.20. The number of anilines is 1. The fourth-order valence-corrected chi connectivity index (χ4v) is 14.2. The van der Waals surface area contributed by atoms with Crippen LogP contribution >= 0.6 is 11.6 Å². The normalized spacial score (nSPS) is 21.8. The van der Waals surface area contributed by atoms with E-state index in [2.05, 4.69) is 56.3 Å². The fraction of sp³-hybridized carbons (Fsp3) is 0.600. The summed E-state index contributed by atoms with van der Waals surface area (Å²) < 4.78 is 48.4. The highest BCUT2D eigenvalue weighted by Gasteiger charge is 2.50. The molecule has 0 amide bonds. The summed E-state index contributed by atoms with van der Waals surface area (Å²) in [6, 6.07) is 7.47. The first-order valence-corrected chi connectivity index (χ1v) is 19.2. The molecule has 0 saturated carbocycles. The molecule has 2 saturated heterocycles. The third kappa shape index (κ3) is 5.72. The molecule has 2 aromatic carbocycles. The molecule has 3 aliphatic heterocycles. The second-order valence-electron chi connectivity index (χ2n) is 14.3. The minimum absolute atomic E-state index is 0.0947. The second kappa shape index (κ2) is 12.7. The topological polar surface area (TPSA) is 60.0 Å². The number of aromatic nitrogens is 2. The number of methoxy groups -OCH3 is 1. The number of nitrogens with zero attached hydrogens (tertiary/aromatic N) is 4. The summed E-state index contributed by atoms with van der Waals surface area (Å²) in [5.74, 6) is 0.813. The average molecular weight is 673 g/mol. The Labute approximate surface area is 277 Å². The zero-order chi connectivity index (χ0) is 33.0.